The van der Waals surface area contributed by atoms with Gasteiger partial charge < -0.3 is 9.40 Å². The summed E-state index contributed by atoms with van der Waals surface area (Å²) in [6.07, 6.45) is 4.60. The minimum atomic E-state index is -2.34. The van der Waals surface area contributed by atoms with Gasteiger partial charge in [-0.25, -0.2) is 4.98 Å². The van der Waals surface area contributed by atoms with Gasteiger partial charge in [0, 0.05) is 41.5 Å². The van der Waals surface area contributed by atoms with E-state index in [9.17, 15) is 4.39 Å². The summed E-state index contributed by atoms with van der Waals surface area (Å²) in [5, 5.41) is 1.62. The maximum absolute atomic E-state index is 14.5. The zero-order valence-electron chi connectivity index (χ0n) is 36.8. The van der Waals surface area contributed by atoms with Gasteiger partial charge in [0.2, 0.25) is 5.71 Å². The molecular formula is C45H46FGeIrN3O-2. The van der Waals surface area contributed by atoms with Crippen molar-refractivity contribution in [2.24, 2.45) is 5.92 Å². The molecule has 0 spiro atoms. The first-order chi connectivity index (χ1) is 26.6. The number of rotatable bonds is 6. The monoisotopic (exact) mass is 936 g/mol. The molecule has 1 radical (unpaired) electrons. The van der Waals surface area contributed by atoms with E-state index >= 15 is 0 Å². The molecule has 0 aliphatic heterocycles. The van der Waals surface area contributed by atoms with Crippen LogP contribution in [-0.4, -0.2) is 28.2 Å². The van der Waals surface area contributed by atoms with E-state index in [1.165, 1.54) is 44.3 Å². The molecule has 7 heteroatoms. The van der Waals surface area contributed by atoms with Crippen molar-refractivity contribution in [3.05, 3.63) is 131 Å². The largest absolute Gasteiger partial charge is 0.486 e. The van der Waals surface area contributed by atoms with Crippen molar-refractivity contribution < 1.29 is 37.1 Å². The zero-order chi connectivity index (χ0) is 41.6. The molecular weight excluding hydrogens is 882 g/mol. The number of aromatic nitrogens is 3. The Morgan fingerprint density at radius 1 is 0.846 bits per heavy atom. The van der Waals surface area contributed by atoms with Crippen LogP contribution in [0.25, 0.3) is 55.7 Å². The first-order valence-corrected chi connectivity index (χ1v) is 24.5. The average Bonchev–Trinajstić information content (AvgIpc) is 3.48. The van der Waals surface area contributed by atoms with Gasteiger partial charge in [0.15, 0.2) is 0 Å². The van der Waals surface area contributed by atoms with E-state index in [-0.39, 0.29) is 36.9 Å². The van der Waals surface area contributed by atoms with Gasteiger partial charge in [0.25, 0.3) is 0 Å². The summed E-state index contributed by atoms with van der Waals surface area (Å²) in [6, 6.07) is 25.8. The number of hydrogen-bond donors (Lipinski definition) is 0. The van der Waals surface area contributed by atoms with Crippen molar-refractivity contribution in [3.8, 4) is 33.6 Å². The summed E-state index contributed by atoms with van der Waals surface area (Å²) >= 11 is -2.08. The van der Waals surface area contributed by atoms with Gasteiger partial charge in [0.1, 0.15) is 0 Å². The summed E-state index contributed by atoms with van der Waals surface area (Å²) in [4.78, 5) is 13.3. The third kappa shape index (κ3) is 8.46. The molecule has 0 fully saturated rings. The van der Waals surface area contributed by atoms with E-state index in [4.69, 9.17) is 12.6 Å². The van der Waals surface area contributed by atoms with Gasteiger partial charge in [-0.05, 0) is 73.8 Å². The normalized spacial score (nSPS) is 13.7. The molecule has 0 saturated heterocycles. The van der Waals surface area contributed by atoms with Gasteiger partial charge in [-0.15, -0.1) is 18.2 Å². The molecule has 0 saturated carbocycles. The summed E-state index contributed by atoms with van der Waals surface area (Å²) < 4.78 is 66.9. The third-order valence-corrected chi connectivity index (χ3v) is 13.2. The zero-order valence-corrected chi connectivity index (χ0v) is 35.2. The Labute approximate surface area is 332 Å². The van der Waals surface area contributed by atoms with E-state index in [2.05, 4.69) is 91.1 Å². The van der Waals surface area contributed by atoms with E-state index in [1.807, 2.05) is 36.5 Å². The number of pyridine rings is 3. The Hall–Kier alpha value is -3.97. The van der Waals surface area contributed by atoms with Crippen LogP contribution in [0.4, 0.5) is 4.39 Å². The predicted molar refractivity (Wildman–Crippen MR) is 213 cm³/mol. The summed E-state index contributed by atoms with van der Waals surface area (Å²) in [7, 11) is 0. The second-order valence-corrected chi connectivity index (χ2v) is 25.2. The van der Waals surface area contributed by atoms with Gasteiger partial charge in [-0.3, -0.25) is 0 Å². The molecule has 52 heavy (non-hydrogen) atoms. The molecule has 4 nitrogen and oxygen atoms in total. The van der Waals surface area contributed by atoms with Crippen LogP contribution in [0.2, 0.25) is 17.3 Å². The molecule has 269 valence electrons. The molecule has 3 aromatic carbocycles. The summed E-state index contributed by atoms with van der Waals surface area (Å²) in [6.45, 7) is 6.04. The molecule has 7 rings (SSSR count). The first-order valence-electron chi connectivity index (χ1n) is 20.1. The van der Waals surface area contributed by atoms with E-state index in [1.54, 1.807) is 12.3 Å². The molecule has 0 aliphatic rings. The summed E-state index contributed by atoms with van der Waals surface area (Å²) in [5.41, 5.74) is 10.2. The molecule has 0 amide bonds. The number of furan rings is 1. The molecule has 0 aliphatic carbocycles. The van der Waals surface area contributed by atoms with Gasteiger partial charge in [-0.2, -0.15) is 0 Å². The Kier molecular flexibility index (Phi) is 9.68. The summed E-state index contributed by atoms with van der Waals surface area (Å²) in [5.74, 6) is 6.85. The van der Waals surface area contributed by atoms with Gasteiger partial charge in [0.05, 0.1) is 5.58 Å². The smallest absolute Gasteiger partial charge is 0.216 e. The number of nitrogens with zero attached hydrogens (tertiary/aromatic N) is 3. The number of aryl methyl sites for hydroxylation is 5. The minimum absolute atomic E-state index is 0. The van der Waals surface area contributed by atoms with Crippen LogP contribution in [0.5, 0.6) is 0 Å². The Morgan fingerprint density at radius 3 is 2.27 bits per heavy atom. The second-order valence-electron chi connectivity index (χ2n) is 14.6. The Bertz CT molecular complexity index is 2590. The van der Waals surface area contributed by atoms with Crippen LogP contribution >= 0.6 is 0 Å². The Balaban J connectivity index is 0.000000224. The van der Waals surface area contributed by atoms with Crippen molar-refractivity contribution in [2.75, 3.05) is 0 Å². The van der Waals surface area contributed by atoms with Crippen molar-refractivity contribution in [1.29, 1.82) is 0 Å². The van der Waals surface area contributed by atoms with Crippen LogP contribution in [0.1, 0.15) is 55.6 Å². The number of hydrogen-bond acceptors (Lipinski definition) is 4. The molecule has 0 atom stereocenters. The standard InChI is InChI=1S/C26H21N2O.C19H25FGeN.Ir/c1-15-12-16(2)24(17(3)13-15)19-10-11-27-23(14-19)22-7-5-6-20-21-9-8-18(4)28-26(21)29-25(20)22;1-13(2)9-15-11-19(22-12-18(15)21(4,5)6)16-8-7-14(3)10-17(16)20;/h5-6,8-14H,1-4H3;7,10-13H,9H2,1-6H3;/q2*-1;/i4D3;3D3;. The van der Waals surface area contributed by atoms with E-state index < -0.39 is 32.8 Å². The van der Waals surface area contributed by atoms with Crippen molar-refractivity contribution in [3.63, 3.8) is 0 Å². The van der Waals surface area contributed by atoms with Crippen molar-refractivity contribution in [2.45, 2.75) is 72.0 Å². The topological polar surface area (TPSA) is 51.8 Å². The molecule has 7 aromatic rings. The van der Waals surface area contributed by atoms with Crippen molar-refractivity contribution >= 4 is 39.7 Å². The number of benzene rings is 3. The van der Waals surface area contributed by atoms with Crippen LogP contribution < -0.4 is 4.40 Å². The fourth-order valence-corrected chi connectivity index (χ4v) is 10.1. The average molecular weight is 935 g/mol. The van der Waals surface area contributed by atoms with Gasteiger partial charge in [-0.1, -0.05) is 34.7 Å². The second kappa shape index (κ2) is 16.0. The molecule has 0 unspecified atom stereocenters. The van der Waals surface area contributed by atoms with Crippen molar-refractivity contribution in [1.82, 2.24) is 15.0 Å². The minimum Gasteiger partial charge on any atom is -0.486 e. The molecule has 4 aromatic heterocycles. The fourth-order valence-electron chi connectivity index (χ4n) is 6.75. The SMILES string of the molecule is [2H]C([2H])([2H])c1c[c-]c(-c2cc(CC(C)C)[c]([Ge]([CH3])([CH3])[CH3])cn2)c(F)c1.[2H]C([2H])([2H])c1ccc2c(n1)oc1c(-c3cc(-c4c(C)cc(C)cc4C)ccn3)[c-]ccc12.[Ir]. The quantitative estimate of drug-likeness (QED) is 0.123. The molecule has 0 bridgehead atoms. The maximum Gasteiger partial charge on any atom is 0.216 e. The van der Waals surface area contributed by atoms with Crippen LogP contribution in [0.15, 0.2) is 83.5 Å². The third-order valence-electron chi connectivity index (χ3n) is 8.86. The van der Waals surface area contributed by atoms with Gasteiger partial charge >= 0.3 is 140 Å². The van der Waals surface area contributed by atoms with Crippen LogP contribution in [0.3, 0.4) is 0 Å². The Morgan fingerprint density at radius 2 is 1.60 bits per heavy atom. The fraction of sp³-hybridized carbons (Fsp3) is 0.267. The van der Waals surface area contributed by atoms with E-state index in [0.29, 0.717) is 22.9 Å². The predicted octanol–water partition coefficient (Wildman–Crippen LogP) is 11.5. The van der Waals surface area contributed by atoms with Crippen LogP contribution in [-0.2, 0) is 26.5 Å². The maximum atomic E-state index is 14.5. The first kappa shape index (κ1) is 31.5. The van der Waals surface area contributed by atoms with Crippen LogP contribution in [0, 0.1) is 58.3 Å². The number of fused-ring (bicyclic) bond motifs is 3. The molecule has 4 heterocycles. The van der Waals surface area contributed by atoms with E-state index in [0.717, 1.165) is 40.1 Å². The number of halogens is 1. The molecule has 0 N–H and O–H groups in total.